The molecule has 0 saturated carbocycles. The fraction of sp³-hybridized carbons (Fsp3) is 0.182. The van der Waals surface area contributed by atoms with Crippen LogP contribution in [0.3, 0.4) is 0 Å². The van der Waals surface area contributed by atoms with Gasteiger partial charge in [-0.3, -0.25) is 20.0 Å². The lowest BCUT2D eigenvalue weighted by atomic mass is 10.1. The van der Waals surface area contributed by atoms with Crippen molar-refractivity contribution in [2.45, 2.75) is 6.54 Å². The van der Waals surface area contributed by atoms with Gasteiger partial charge >= 0.3 is 0 Å². The van der Waals surface area contributed by atoms with Crippen LogP contribution in [0.15, 0.2) is 24.5 Å². The fourth-order valence-corrected chi connectivity index (χ4v) is 1.61. The Morgan fingerprint density at radius 2 is 2.30 bits per heavy atom. The van der Waals surface area contributed by atoms with Crippen LogP contribution >= 0.6 is 0 Å². The second-order valence-corrected chi connectivity index (χ2v) is 3.85. The van der Waals surface area contributed by atoms with Gasteiger partial charge in [0, 0.05) is 18.7 Å². The van der Waals surface area contributed by atoms with Gasteiger partial charge in [-0.1, -0.05) is 0 Å². The zero-order chi connectivity index (χ0) is 14.5. The van der Waals surface area contributed by atoms with Crippen molar-refractivity contribution >= 4 is 17.3 Å². The molecule has 0 aliphatic heterocycles. The Morgan fingerprint density at radius 3 is 2.90 bits per heavy atom. The van der Waals surface area contributed by atoms with Gasteiger partial charge in [-0.05, 0) is 12.1 Å². The van der Waals surface area contributed by atoms with Crippen molar-refractivity contribution in [3.63, 3.8) is 0 Å². The summed E-state index contributed by atoms with van der Waals surface area (Å²) < 4.78 is 0. The van der Waals surface area contributed by atoms with E-state index in [0.29, 0.717) is 11.5 Å². The van der Waals surface area contributed by atoms with Crippen LogP contribution in [0.2, 0.25) is 0 Å². The first-order valence-electron chi connectivity index (χ1n) is 5.70. The SMILES string of the molecule is CNC(=O)c1ccc(NCc2ncn[nH]2)c([N+](=O)[O-])c1. The molecule has 0 bridgehead atoms. The Morgan fingerprint density at radius 1 is 1.50 bits per heavy atom. The number of nitrogens with one attached hydrogen (secondary N) is 3. The number of aromatic amines is 1. The molecule has 1 aromatic carbocycles. The summed E-state index contributed by atoms with van der Waals surface area (Å²) >= 11 is 0. The highest BCUT2D eigenvalue weighted by Crippen LogP contribution is 2.25. The zero-order valence-corrected chi connectivity index (χ0v) is 10.6. The van der Waals surface area contributed by atoms with Gasteiger partial charge in [0.2, 0.25) is 0 Å². The summed E-state index contributed by atoms with van der Waals surface area (Å²) in [7, 11) is 1.46. The van der Waals surface area contributed by atoms with Gasteiger partial charge in [-0.2, -0.15) is 5.10 Å². The van der Waals surface area contributed by atoms with Gasteiger partial charge < -0.3 is 10.6 Å². The van der Waals surface area contributed by atoms with E-state index in [0.717, 1.165) is 0 Å². The standard InChI is InChI=1S/C11H12N6O3/c1-12-11(18)7-2-3-8(9(4-7)17(19)20)13-5-10-14-6-15-16-10/h2-4,6,13H,5H2,1H3,(H,12,18)(H,14,15,16). The molecule has 0 saturated heterocycles. The molecule has 0 fully saturated rings. The molecule has 20 heavy (non-hydrogen) atoms. The molecular weight excluding hydrogens is 264 g/mol. The average Bonchev–Trinajstić information content (AvgIpc) is 2.97. The summed E-state index contributed by atoms with van der Waals surface area (Å²) in [6.45, 7) is 0.264. The van der Waals surface area contributed by atoms with Gasteiger partial charge in [-0.25, -0.2) is 4.98 Å². The summed E-state index contributed by atoms with van der Waals surface area (Å²) in [4.78, 5) is 25.9. The summed E-state index contributed by atoms with van der Waals surface area (Å²) in [5.41, 5.74) is 0.356. The molecule has 0 radical (unpaired) electrons. The largest absolute Gasteiger partial charge is 0.372 e. The smallest absolute Gasteiger partial charge is 0.293 e. The number of hydrogen-bond donors (Lipinski definition) is 3. The zero-order valence-electron chi connectivity index (χ0n) is 10.6. The third-order valence-electron chi connectivity index (χ3n) is 2.59. The van der Waals surface area contributed by atoms with Gasteiger partial charge in [0.1, 0.15) is 17.8 Å². The molecule has 2 rings (SSSR count). The predicted molar refractivity (Wildman–Crippen MR) is 70.2 cm³/mol. The highest BCUT2D eigenvalue weighted by Gasteiger charge is 2.17. The molecule has 9 heteroatoms. The predicted octanol–water partition coefficient (Wildman–Crippen LogP) is 0.685. The van der Waals surface area contributed by atoms with Crippen LogP contribution in [-0.4, -0.2) is 33.1 Å². The van der Waals surface area contributed by atoms with Crippen LogP contribution in [0.5, 0.6) is 0 Å². The first-order valence-corrected chi connectivity index (χ1v) is 5.70. The van der Waals surface area contributed by atoms with E-state index in [-0.39, 0.29) is 23.7 Å². The minimum Gasteiger partial charge on any atom is -0.372 e. The third-order valence-corrected chi connectivity index (χ3v) is 2.59. The van der Waals surface area contributed by atoms with Crippen molar-refractivity contribution in [1.82, 2.24) is 20.5 Å². The number of nitro benzene ring substituents is 1. The highest BCUT2D eigenvalue weighted by atomic mass is 16.6. The summed E-state index contributed by atoms with van der Waals surface area (Å²) in [6, 6.07) is 4.22. The molecule has 0 spiro atoms. The number of hydrogen-bond acceptors (Lipinski definition) is 6. The molecule has 1 heterocycles. The molecule has 0 atom stereocenters. The molecular formula is C11H12N6O3. The number of aromatic nitrogens is 3. The first-order chi connectivity index (χ1) is 9.61. The maximum atomic E-state index is 11.5. The van der Waals surface area contributed by atoms with Crippen LogP contribution in [0.1, 0.15) is 16.2 Å². The van der Waals surface area contributed by atoms with E-state index in [2.05, 4.69) is 25.8 Å². The maximum absolute atomic E-state index is 11.5. The number of H-pyrrole nitrogens is 1. The topological polar surface area (TPSA) is 126 Å². The molecule has 3 N–H and O–H groups in total. The number of carbonyl (C=O) groups excluding carboxylic acids is 1. The van der Waals surface area contributed by atoms with Gasteiger partial charge in [0.25, 0.3) is 11.6 Å². The Balaban J connectivity index is 2.23. The van der Waals surface area contributed by atoms with Crippen molar-refractivity contribution in [2.24, 2.45) is 0 Å². The molecule has 0 aliphatic rings. The number of nitro groups is 1. The highest BCUT2D eigenvalue weighted by molar-refractivity contribution is 5.95. The monoisotopic (exact) mass is 276 g/mol. The average molecular weight is 276 g/mol. The number of carbonyl (C=O) groups is 1. The number of benzene rings is 1. The minimum absolute atomic E-state index is 0.175. The summed E-state index contributed by atoms with van der Waals surface area (Å²) in [6.07, 6.45) is 1.35. The molecule has 2 aromatic rings. The van der Waals surface area contributed by atoms with Gasteiger partial charge in [-0.15, -0.1) is 0 Å². The van der Waals surface area contributed by atoms with E-state index in [9.17, 15) is 14.9 Å². The third kappa shape index (κ3) is 2.88. The number of nitrogens with zero attached hydrogens (tertiary/aromatic N) is 3. The van der Waals surface area contributed by atoms with Crippen LogP contribution in [-0.2, 0) is 6.54 Å². The lowest BCUT2D eigenvalue weighted by molar-refractivity contribution is -0.384. The molecule has 104 valence electrons. The second kappa shape index (κ2) is 5.78. The number of rotatable bonds is 5. The Labute approximate surface area is 113 Å². The molecule has 1 aromatic heterocycles. The lowest BCUT2D eigenvalue weighted by Crippen LogP contribution is -2.18. The first kappa shape index (κ1) is 13.5. The Bertz CT molecular complexity index is 625. The Hall–Kier alpha value is -2.97. The second-order valence-electron chi connectivity index (χ2n) is 3.85. The minimum atomic E-state index is -0.546. The molecule has 9 nitrogen and oxygen atoms in total. The van der Waals surface area contributed by atoms with Crippen molar-refractivity contribution in [2.75, 3.05) is 12.4 Å². The lowest BCUT2D eigenvalue weighted by Gasteiger charge is -2.07. The van der Waals surface area contributed by atoms with Crippen LogP contribution < -0.4 is 10.6 Å². The van der Waals surface area contributed by atoms with Crippen molar-refractivity contribution in [3.8, 4) is 0 Å². The van der Waals surface area contributed by atoms with E-state index in [1.165, 1.54) is 31.6 Å². The van der Waals surface area contributed by atoms with Crippen molar-refractivity contribution in [3.05, 3.63) is 46.0 Å². The normalized spacial score (nSPS) is 10.1. The fourth-order valence-electron chi connectivity index (χ4n) is 1.61. The quantitative estimate of drug-likeness (QED) is 0.544. The maximum Gasteiger partial charge on any atom is 0.293 e. The van der Waals surface area contributed by atoms with Crippen molar-refractivity contribution < 1.29 is 9.72 Å². The number of amides is 1. The molecule has 0 unspecified atom stereocenters. The van der Waals surface area contributed by atoms with Crippen LogP contribution in [0.4, 0.5) is 11.4 Å². The van der Waals surface area contributed by atoms with Crippen LogP contribution in [0.25, 0.3) is 0 Å². The number of anilines is 1. The van der Waals surface area contributed by atoms with E-state index in [4.69, 9.17) is 0 Å². The van der Waals surface area contributed by atoms with E-state index in [1.54, 1.807) is 0 Å². The van der Waals surface area contributed by atoms with E-state index < -0.39 is 4.92 Å². The summed E-state index contributed by atoms with van der Waals surface area (Å²) in [5.74, 6) is 0.171. The van der Waals surface area contributed by atoms with Gasteiger partial charge in [0.15, 0.2) is 0 Å². The van der Waals surface area contributed by atoms with Gasteiger partial charge in [0.05, 0.1) is 11.5 Å². The summed E-state index contributed by atoms with van der Waals surface area (Å²) in [5, 5.41) is 22.6. The van der Waals surface area contributed by atoms with Crippen LogP contribution in [0, 0.1) is 10.1 Å². The van der Waals surface area contributed by atoms with E-state index in [1.807, 2.05) is 0 Å². The Kier molecular flexibility index (Phi) is 3.89. The molecule has 1 amide bonds. The van der Waals surface area contributed by atoms with E-state index >= 15 is 0 Å². The molecule has 0 aliphatic carbocycles. The van der Waals surface area contributed by atoms with Crippen molar-refractivity contribution in [1.29, 1.82) is 0 Å².